The van der Waals surface area contributed by atoms with Gasteiger partial charge in [-0.05, 0) is 19.4 Å². The van der Waals surface area contributed by atoms with Gasteiger partial charge in [-0.15, -0.1) is 0 Å². The predicted molar refractivity (Wildman–Crippen MR) is 93.2 cm³/mol. The zero-order chi connectivity index (χ0) is 21.3. The number of aliphatic carboxylic acids is 1. The van der Waals surface area contributed by atoms with Crippen molar-refractivity contribution in [3.63, 3.8) is 0 Å². The molecular formula is C15H24N6O7. The number of carboxylic acid groups (broad SMARTS) is 1. The maximum absolute atomic E-state index is 12.2. The normalized spacial score (nSPS) is 17.8. The summed E-state index contributed by atoms with van der Waals surface area (Å²) in [5.41, 5.74) is 9.97. The van der Waals surface area contributed by atoms with Gasteiger partial charge in [0.15, 0.2) is 0 Å². The fraction of sp³-hybridized carbons (Fsp3) is 0.600. The molecule has 0 aromatic rings. The predicted octanol–water partition coefficient (Wildman–Crippen LogP) is -4.34. The summed E-state index contributed by atoms with van der Waals surface area (Å²) < 4.78 is 0. The van der Waals surface area contributed by atoms with E-state index in [1.807, 2.05) is 5.32 Å². The summed E-state index contributed by atoms with van der Waals surface area (Å²) in [7, 11) is 0. The first-order valence-electron chi connectivity index (χ1n) is 8.50. The van der Waals surface area contributed by atoms with Crippen molar-refractivity contribution >= 4 is 35.5 Å². The molecule has 1 rings (SSSR count). The van der Waals surface area contributed by atoms with Crippen molar-refractivity contribution in [2.75, 3.05) is 13.1 Å². The summed E-state index contributed by atoms with van der Waals surface area (Å²) in [4.78, 5) is 69.2. The number of carbonyl (C=O) groups excluding carboxylic acids is 5. The first-order chi connectivity index (χ1) is 13.1. The molecule has 0 radical (unpaired) electrons. The second-order valence-electron chi connectivity index (χ2n) is 6.23. The van der Waals surface area contributed by atoms with Crippen LogP contribution in [0.3, 0.4) is 0 Å². The molecule has 28 heavy (non-hydrogen) atoms. The van der Waals surface area contributed by atoms with E-state index < -0.39 is 67.1 Å². The summed E-state index contributed by atoms with van der Waals surface area (Å²) in [6.07, 6.45) is 0.180. The van der Waals surface area contributed by atoms with Gasteiger partial charge in [-0.3, -0.25) is 24.0 Å². The van der Waals surface area contributed by atoms with Crippen LogP contribution in [0.25, 0.3) is 0 Å². The zero-order valence-electron chi connectivity index (χ0n) is 15.0. The Kier molecular flexibility index (Phi) is 8.81. The number of primary amides is 2. The van der Waals surface area contributed by atoms with Crippen LogP contribution >= 0.6 is 0 Å². The molecule has 1 heterocycles. The Morgan fingerprint density at radius 1 is 1.00 bits per heavy atom. The van der Waals surface area contributed by atoms with E-state index in [0.717, 1.165) is 6.42 Å². The molecule has 1 aliphatic heterocycles. The summed E-state index contributed by atoms with van der Waals surface area (Å²) in [6.45, 7) is 0.240. The second kappa shape index (κ2) is 10.8. The van der Waals surface area contributed by atoms with Crippen molar-refractivity contribution in [3.8, 4) is 0 Å². The molecule has 13 heteroatoms. The van der Waals surface area contributed by atoms with E-state index in [1.165, 1.54) is 0 Å². The third kappa shape index (κ3) is 7.99. The highest BCUT2D eigenvalue weighted by Gasteiger charge is 2.29. The molecule has 1 aliphatic rings. The topological polar surface area (TPSA) is 223 Å². The van der Waals surface area contributed by atoms with E-state index >= 15 is 0 Å². The van der Waals surface area contributed by atoms with E-state index in [9.17, 15) is 28.8 Å². The van der Waals surface area contributed by atoms with Crippen molar-refractivity contribution in [2.45, 2.75) is 43.8 Å². The number of carbonyl (C=O) groups is 6. The lowest BCUT2D eigenvalue weighted by Gasteiger charge is -2.20. The maximum atomic E-state index is 12.2. The average Bonchev–Trinajstić information content (AvgIpc) is 3.12. The zero-order valence-corrected chi connectivity index (χ0v) is 15.0. The number of hydrogen-bond donors (Lipinski definition) is 7. The van der Waals surface area contributed by atoms with Crippen molar-refractivity contribution < 1.29 is 33.9 Å². The lowest BCUT2D eigenvalue weighted by atomic mass is 10.1. The largest absolute Gasteiger partial charge is 0.480 e. The van der Waals surface area contributed by atoms with E-state index in [2.05, 4.69) is 16.0 Å². The summed E-state index contributed by atoms with van der Waals surface area (Å²) in [5.74, 6) is -5.62. The summed E-state index contributed by atoms with van der Waals surface area (Å²) in [6, 6.07) is -3.52. The molecule has 5 amide bonds. The Balaban J connectivity index is 2.64. The molecule has 9 N–H and O–H groups in total. The molecule has 0 aliphatic carbocycles. The van der Waals surface area contributed by atoms with Crippen molar-refractivity contribution in [1.82, 2.24) is 21.3 Å². The number of carboxylic acids is 1. The summed E-state index contributed by atoms with van der Waals surface area (Å²) >= 11 is 0. The van der Waals surface area contributed by atoms with Crippen molar-refractivity contribution in [1.29, 1.82) is 0 Å². The summed E-state index contributed by atoms with van der Waals surface area (Å²) in [5, 5.41) is 18.6. The van der Waals surface area contributed by atoms with Crippen LogP contribution in [0.4, 0.5) is 0 Å². The van der Waals surface area contributed by atoms with Gasteiger partial charge >= 0.3 is 5.97 Å². The van der Waals surface area contributed by atoms with Gasteiger partial charge in [0.05, 0.1) is 25.4 Å². The van der Waals surface area contributed by atoms with E-state index in [0.29, 0.717) is 13.0 Å². The molecule has 3 unspecified atom stereocenters. The number of nitrogens with two attached hydrogens (primary N) is 2. The molecule has 3 atom stereocenters. The molecule has 0 aromatic carbocycles. The molecular weight excluding hydrogens is 376 g/mol. The number of nitrogens with one attached hydrogen (secondary N) is 4. The van der Waals surface area contributed by atoms with E-state index in [4.69, 9.17) is 16.6 Å². The second-order valence-corrected chi connectivity index (χ2v) is 6.23. The molecule has 0 bridgehead atoms. The highest BCUT2D eigenvalue weighted by Crippen LogP contribution is 2.04. The smallest absolute Gasteiger partial charge is 0.326 e. The van der Waals surface area contributed by atoms with Crippen LogP contribution in [-0.4, -0.2) is 71.8 Å². The third-order valence-electron chi connectivity index (χ3n) is 3.88. The minimum absolute atomic E-state index is 0.379. The van der Waals surface area contributed by atoms with Gasteiger partial charge < -0.3 is 37.8 Å². The Labute approximate surface area is 159 Å². The van der Waals surface area contributed by atoms with E-state index in [1.54, 1.807) is 0 Å². The molecule has 1 saturated heterocycles. The van der Waals surface area contributed by atoms with Crippen molar-refractivity contribution in [2.24, 2.45) is 11.5 Å². The number of hydrogen-bond acceptors (Lipinski definition) is 7. The van der Waals surface area contributed by atoms with Crippen LogP contribution in [0.2, 0.25) is 0 Å². The maximum Gasteiger partial charge on any atom is 0.326 e. The average molecular weight is 400 g/mol. The minimum Gasteiger partial charge on any atom is -0.480 e. The Bertz CT molecular complexity index is 647. The third-order valence-corrected chi connectivity index (χ3v) is 3.88. The van der Waals surface area contributed by atoms with Gasteiger partial charge in [0, 0.05) is 0 Å². The highest BCUT2D eigenvalue weighted by atomic mass is 16.4. The van der Waals surface area contributed by atoms with Gasteiger partial charge in [0.25, 0.3) is 0 Å². The van der Waals surface area contributed by atoms with Crippen LogP contribution in [0.15, 0.2) is 0 Å². The van der Waals surface area contributed by atoms with Crippen LogP contribution in [-0.2, 0) is 28.8 Å². The van der Waals surface area contributed by atoms with E-state index in [-0.39, 0.29) is 5.91 Å². The highest BCUT2D eigenvalue weighted by molar-refractivity contribution is 5.95. The monoisotopic (exact) mass is 400 g/mol. The Morgan fingerprint density at radius 3 is 2.11 bits per heavy atom. The van der Waals surface area contributed by atoms with Crippen LogP contribution < -0.4 is 32.7 Å². The fourth-order valence-corrected chi connectivity index (χ4v) is 2.53. The standard InChI is InChI=1S/C15H24N6O7/c16-10(22)4-8(14(26)21-9(15(27)28)5-11(17)23)20-12(24)6-19-13(25)7-2-1-3-18-7/h7-9,18H,1-6H2,(H2,16,22)(H2,17,23)(H,19,25)(H,20,24)(H,21,26)(H,27,28). The van der Waals surface area contributed by atoms with Crippen LogP contribution in [0, 0.1) is 0 Å². The van der Waals surface area contributed by atoms with Crippen LogP contribution in [0.5, 0.6) is 0 Å². The Morgan fingerprint density at radius 2 is 1.61 bits per heavy atom. The molecule has 0 spiro atoms. The fourth-order valence-electron chi connectivity index (χ4n) is 2.53. The lowest BCUT2D eigenvalue weighted by molar-refractivity contribution is -0.143. The van der Waals surface area contributed by atoms with Gasteiger partial charge in [-0.25, -0.2) is 4.79 Å². The first-order valence-corrected chi connectivity index (χ1v) is 8.50. The molecule has 0 saturated carbocycles. The number of rotatable bonds is 11. The molecule has 1 fully saturated rings. The minimum atomic E-state index is -1.63. The van der Waals surface area contributed by atoms with Gasteiger partial charge in [-0.2, -0.15) is 0 Å². The van der Waals surface area contributed by atoms with Crippen molar-refractivity contribution in [3.05, 3.63) is 0 Å². The van der Waals surface area contributed by atoms with Gasteiger partial charge in [-0.1, -0.05) is 0 Å². The molecule has 0 aromatic heterocycles. The SMILES string of the molecule is NC(=O)CC(NC(=O)C(CC(N)=O)NC(=O)CNC(=O)C1CCCN1)C(=O)O. The molecule has 13 nitrogen and oxygen atoms in total. The Hall–Kier alpha value is -3.22. The first kappa shape index (κ1) is 22.8. The molecule has 156 valence electrons. The van der Waals surface area contributed by atoms with Crippen LogP contribution in [0.1, 0.15) is 25.7 Å². The quantitative estimate of drug-likeness (QED) is 0.179. The lowest BCUT2D eigenvalue weighted by Crippen LogP contribution is -2.55. The van der Waals surface area contributed by atoms with Gasteiger partial charge in [0.1, 0.15) is 12.1 Å². The number of amides is 5. The van der Waals surface area contributed by atoms with Gasteiger partial charge in [0.2, 0.25) is 29.5 Å².